The maximum Gasteiger partial charge on any atom is 0.0683 e. The molecule has 0 aromatic heterocycles. The molecule has 226 valence electrons. The lowest BCUT2D eigenvalue weighted by molar-refractivity contribution is -0.287. The second kappa shape index (κ2) is 14.1. The molecule has 0 atom stereocenters. The lowest BCUT2D eigenvalue weighted by Crippen LogP contribution is -2.63. The molecule has 2 rings (SSSR count). The number of hydroxylamine groups is 4. The van der Waals surface area contributed by atoms with Crippen molar-refractivity contribution in [1.29, 1.82) is 0 Å². The van der Waals surface area contributed by atoms with Crippen LogP contribution in [0.15, 0.2) is 0 Å². The minimum absolute atomic E-state index is 0.0574. The fourth-order valence-electron chi connectivity index (χ4n) is 7.55. The van der Waals surface area contributed by atoms with E-state index in [1.54, 1.807) is 0 Å². The van der Waals surface area contributed by atoms with Gasteiger partial charge in [0.2, 0.25) is 0 Å². The molecule has 0 amide bonds. The summed E-state index contributed by atoms with van der Waals surface area (Å²) in [5.74, 6) is 0. The molecular weight excluding hydrogens is 472 g/mol. The minimum Gasteiger partial charge on any atom is -0.303 e. The van der Waals surface area contributed by atoms with E-state index in [9.17, 15) is 0 Å². The highest BCUT2D eigenvalue weighted by atomic mass is 16.7. The van der Waals surface area contributed by atoms with Gasteiger partial charge in [0.25, 0.3) is 0 Å². The Hall–Kier alpha value is -0.240. The van der Waals surface area contributed by atoms with E-state index in [1.165, 1.54) is 38.8 Å². The summed E-state index contributed by atoms with van der Waals surface area (Å²) < 4.78 is 0. The topological polar surface area (TPSA) is 31.4 Å². The molecule has 0 aliphatic carbocycles. The molecule has 2 heterocycles. The average Bonchev–Trinajstić information content (AvgIpc) is 2.78. The summed E-state index contributed by atoms with van der Waals surface area (Å²) in [6.07, 6.45) is 12.0. The smallest absolute Gasteiger partial charge is 0.0683 e. The third-order valence-corrected chi connectivity index (χ3v) is 9.01. The SMILES string of the molecule is CCCON1C(C)(C)CC(N(C)CCCCCCN(C)C2CC(C)(C)N(OCCC)C(C)(C)C2)CC1(C)C. The van der Waals surface area contributed by atoms with Crippen LogP contribution in [-0.4, -0.2) is 94.6 Å². The van der Waals surface area contributed by atoms with Crippen LogP contribution in [0.5, 0.6) is 0 Å². The van der Waals surface area contributed by atoms with E-state index in [4.69, 9.17) is 9.68 Å². The van der Waals surface area contributed by atoms with Gasteiger partial charge in [-0.05, 0) is 134 Å². The van der Waals surface area contributed by atoms with Crippen molar-refractivity contribution in [3.63, 3.8) is 0 Å². The molecule has 0 unspecified atom stereocenters. The van der Waals surface area contributed by atoms with Gasteiger partial charge in [-0.1, -0.05) is 26.7 Å². The number of nitrogens with zero attached hydrogens (tertiary/aromatic N) is 4. The largest absolute Gasteiger partial charge is 0.303 e. The molecule has 2 saturated heterocycles. The summed E-state index contributed by atoms with van der Waals surface area (Å²) in [4.78, 5) is 17.7. The monoisotopic (exact) mass is 539 g/mol. The third kappa shape index (κ3) is 9.14. The van der Waals surface area contributed by atoms with Crippen molar-refractivity contribution >= 4 is 0 Å². The second-order valence-corrected chi connectivity index (χ2v) is 15.0. The molecule has 0 aromatic rings. The first kappa shape index (κ1) is 34.0. The van der Waals surface area contributed by atoms with Gasteiger partial charge in [-0.3, -0.25) is 9.68 Å². The summed E-state index contributed by atoms with van der Waals surface area (Å²) >= 11 is 0. The van der Waals surface area contributed by atoms with Gasteiger partial charge in [0.15, 0.2) is 0 Å². The van der Waals surface area contributed by atoms with E-state index in [2.05, 4.69) is 103 Å². The molecule has 0 bridgehead atoms. The molecule has 2 fully saturated rings. The standard InChI is InChI=1S/C32H66N4O2/c1-13-21-37-35-29(3,4)23-27(24-30(35,5)6)33(11)19-17-15-16-18-20-34(12)28-25-31(7,8)36(38-22-14-2)32(9,10)26-28/h27-28H,13-26H2,1-12H3. The van der Waals surface area contributed by atoms with Crippen LogP contribution < -0.4 is 0 Å². The Morgan fingerprint density at radius 1 is 0.553 bits per heavy atom. The molecule has 38 heavy (non-hydrogen) atoms. The van der Waals surface area contributed by atoms with Crippen LogP contribution >= 0.6 is 0 Å². The lowest BCUT2D eigenvalue weighted by atomic mass is 9.78. The van der Waals surface area contributed by atoms with Crippen LogP contribution in [0.3, 0.4) is 0 Å². The van der Waals surface area contributed by atoms with Crippen LogP contribution in [-0.2, 0) is 9.68 Å². The van der Waals surface area contributed by atoms with E-state index < -0.39 is 0 Å². The van der Waals surface area contributed by atoms with Crippen molar-refractivity contribution < 1.29 is 9.68 Å². The highest BCUT2D eigenvalue weighted by Gasteiger charge is 2.48. The van der Waals surface area contributed by atoms with Crippen molar-refractivity contribution in [2.45, 2.75) is 168 Å². The summed E-state index contributed by atoms with van der Waals surface area (Å²) in [6, 6.07) is 1.23. The van der Waals surface area contributed by atoms with E-state index in [0.29, 0.717) is 12.1 Å². The molecule has 6 heteroatoms. The number of hydrogen-bond acceptors (Lipinski definition) is 6. The van der Waals surface area contributed by atoms with Crippen LogP contribution in [0, 0.1) is 0 Å². The molecule has 2 aliphatic rings. The Morgan fingerprint density at radius 2 is 0.842 bits per heavy atom. The van der Waals surface area contributed by atoms with E-state index in [1.807, 2.05) is 0 Å². The molecule has 0 N–H and O–H groups in total. The van der Waals surface area contributed by atoms with Crippen molar-refractivity contribution in [2.75, 3.05) is 40.4 Å². The first-order chi connectivity index (χ1) is 17.6. The first-order valence-electron chi connectivity index (χ1n) is 15.8. The Labute approximate surface area is 237 Å². The summed E-state index contributed by atoms with van der Waals surface area (Å²) in [6.45, 7) is 27.2. The molecule has 0 saturated carbocycles. The van der Waals surface area contributed by atoms with Crippen LogP contribution in [0.2, 0.25) is 0 Å². The Balaban J connectivity index is 1.73. The van der Waals surface area contributed by atoms with Gasteiger partial charge in [0, 0.05) is 34.2 Å². The van der Waals surface area contributed by atoms with Gasteiger partial charge in [0.05, 0.1) is 13.2 Å². The molecule has 0 aromatic carbocycles. The summed E-state index contributed by atoms with van der Waals surface area (Å²) in [7, 11) is 4.68. The van der Waals surface area contributed by atoms with Gasteiger partial charge in [0.1, 0.15) is 0 Å². The van der Waals surface area contributed by atoms with Gasteiger partial charge < -0.3 is 9.80 Å². The fourth-order valence-corrected chi connectivity index (χ4v) is 7.55. The molecular formula is C32H66N4O2. The molecule has 0 radical (unpaired) electrons. The first-order valence-corrected chi connectivity index (χ1v) is 15.8. The quantitative estimate of drug-likeness (QED) is 0.206. The highest BCUT2D eigenvalue weighted by molar-refractivity contribution is 5.00. The highest BCUT2D eigenvalue weighted by Crippen LogP contribution is 2.41. The zero-order valence-corrected chi connectivity index (χ0v) is 27.7. The Bertz CT molecular complexity index is 599. The van der Waals surface area contributed by atoms with Crippen LogP contribution in [0.1, 0.15) is 133 Å². The number of rotatable bonds is 15. The number of hydrogen-bond donors (Lipinski definition) is 0. The van der Waals surface area contributed by atoms with Gasteiger partial charge in [-0.25, -0.2) is 0 Å². The minimum atomic E-state index is 0.0574. The van der Waals surface area contributed by atoms with Crippen molar-refractivity contribution in [2.24, 2.45) is 0 Å². The Kier molecular flexibility index (Phi) is 12.6. The number of piperidine rings is 2. The predicted octanol–water partition coefficient (Wildman–Crippen LogP) is 7.14. The average molecular weight is 539 g/mol. The fraction of sp³-hybridized carbons (Fsp3) is 1.00. The second-order valence-electron chi connectivity index (χ2n) is 15.0. The van der Waals surface area contributed by atoms with Gasteiger partial charge in [-0.15, -0.1) is 0 Å². The molecule has 2 aliphatic heterocycles. The zero-order valence-electron chi connectivity index (χ0n) is 27.7. The molecule has 0 spiro atoms. The summed E-state index contributed by atoms with van der Waals surface area (Å²) in [5.41, 5.74) is 0.230. The predicted molar refractivity (Wildman–Crippen MR) is 162 cm³/mol. The maximum atomic E-state index is 6.22. The summed E-state index contributed by atoms with van der Waals surface area (Å²) in [5, 5.41) is 4.60. The van der Waals surface area contributed by atoms with E-state index in [-0.39, 0.29) is 22.2 Å². The third-order valence-electron chi connectivity index (χ3n) is 9.01. The normalized spacial score (nSPS) is 24.5. The maximum absolute atomic E-state index is 6.22. The van der Waals surface area contributed by atoms with E-state index >= 15 is 0 Å². The van der Waals surface area contributed by atoms with Crippen LogP contribution in [0.4, 0.5) is 0 Å². The molecule has 6 nitrogen and oxygen atoms in total. The Morgan fingerprint density at radius 3 is 1.11 bits per heavy atom. The van der Waals surface area contributed by atoms with Gasteiger partial charge >= 0.3 is 0 Å². The lowest BCUT2D eigenvalue weighted by Gasteiger charge is -2.55. The van der Waals surface area contributed by atoms with Crippen molar-refractivity contribution in [3.05, 3.63) is 0 Å². The van der Waals surface area contributed by atoms with Gasteiger partial charge in [-0.2, -0.15) is 10.1 Å². The van der Waals surface area contributed by atoms with Crippen LogP contribution in [0.25, 0.3) is 0 Å². The van der Waals surface area contributed by atoms with E-state index in [0.717, 1.165) is 51.7 Å². The zero-order chi connectivity index (χ0) is 28.8. The van der Waals surface area contributed by atoms with Crippen molar-refractivity contribution in [1.82, 2.24) is 19.9 Å². The van der Waals surface area contributed by atoms with Crippen molar-refractivity contribution in [3.8, 4) is 0 Å². The number of unbranched alkanes of at least 4 members (excludes halogenated alkanes) is 3.